The molecule has 0 aromatic carbocycles. The summed E-state index contributed by atoms with van der Waals surface area (Å²) in [6, 6.07) is 4.23. The second kappa shape index (κ2) is 7.68. The summed E-state index contributed by atoms with van der Waals surface area (Å²) in [6.07, 6.45) is 7.10. The van der Waals surface area contributed by atoms with Crippen LogP contribution in [0.1, 0.15) is 12.8 Å². The third-order valence-corrected chi connectivity index (χ3v) is 3.70. The van der Waals surface area contributed by atoms with Gasteiger partial charge in [0.2, 0.25) is 5.88 Å². The summed E-state index contributed by atoms with van der Waals surface area (Å²) in [6.45, 7) is 1.89. The first-order chi connectivity index (χ1) is 11.4. The van der Waals surface area contributed by atoms with Crippen LogP contribution >= 0.6 is 0 Å². The first-order valence-corrected chi connectivity index (χ1v) is 7.71. The molecule has 1 fully saturated rings. The topological polar surface area (TPSA) is 96.3 Å². The van der Waals surface area contributed by atoms with Crippen molar-refractivity contribution in [1.82, 2.24) is 20.2 Å². The van der Waals surface area contributed by atoms with Crippen LogP contribution in [0.3, 0.4) is 0 Å². The van der Waals surface area contributed by atoms with E-state index in [1.807, 2.05) is 12.1 Å². The highest BCUT2D eigenvalue weighted by Gasteiger charge is 2.25. The highest BCUT2D eigenvalue weighted by atomic mass is 16.5. The molecular weight excluding hydrogens is 296 g/mol. The molecule has 0 saturated carbocycles. The summed E-state index contributed by atoms with van der Waals surface area (Å²) < 4.78 is 5.27. The molecule has 0 radical (unpaired) electrons. The highest BCUT2D eigenvalue weighted by molar-refractivity contribution is 5.41. The van der Waals surface area contributed by atoms with Gasteiger partial charge in [0.25, 0.3) is 0 Å². The van der Waals surface area contributed by atoms with E-state index in [1.165, 1.54) is 6.20 Å². The first kappa shape index (κ1) is 15.4. The zero-order chi connectivity index (χ0) is 15.9. The monoisotopic (exact) mass is 316 g/mol. The fraction of sp³-hybridized carbons (Fsp3) is 0.467. The van der Waals surface area contributed by atoms with E-state index in [0.717, 1.165) is 31.7 Å². The van der Waals surface area contributed by atoms with Crippen molar-refractivity contribution in [1.29, 1.82) is 0 Å². The van der Waals surface area contributed by atoms with Gasteiger partial charge in [-0.15, -0.1) is 5.10 Å². The molecule has 3 rings (SSSR count). The smallest absolute Gasteiger partial charge is 0.234 e. The fourth-order valence-corrected chi connectivity index (χ4v) is 2.67. The molecule has 0 bridgehead atoms. The van der Waals surface area contributed by atoms with Gasteiger partial charge >= 0.3 is 0 Å². The van der Waals surface area contributed by atoms with Crippen molar-refractivity contribution in [3.05, 3.63) is 30.7 Å². The molecular formula is C15H20N6O2. The molecule has 8 nitrogen and oxygen atoms in total. The van der Waals surface area contributed by atoms with Gasteiger partial charge in [0.15, 0.2) is 5.82 Å². The van der Waals surface area contributed by atoms with E-state index >= 15 is 0 Å². The zero-order valence-electron chi connectivity index (χ0n) is 12.8. The molecule has 0 aliphatic carbocycles. The summed E-state index contributed by atoms with van der Waals surface area (Å²) in [5, 5.41) is 20.2. The molecule has 0 spiro atoms. The van der Waals surface area contributed by atoms with Crippen LogP contribution in [0.4, 0.5) is 11.6 Å². The minimum absolute atomic E-state index is 0.0471. The summed E-state index contributed by atoms with van der Waals surface area (Å²) in [5.74, 6) is 1.97. The van der Waals surface area contributed by atoms with Crippen LogP contribution in [0.2, 0.25) is 0 Å². The minimum atomic E-state index is -0.0471. The number of nitrogens with one attached hydrogen (secondary N) is 1. The molecule has 3 heterocycles. The van der Waals surface area contributed by atoms with E-state index in [4.69, 9.17) is 9.84 Å². The molecule has 2 N–H and O–H groups in total. The SMILES string of the molecule is OCCOc1cncc(NCC2CCCN2c2cccnn2)n1. The maximum atomic E-state index is 8.78. The van der Waals surface area contributed by atoms with Crippen LogP contribution in [0.5, 0.6) is 5.88 Å². The van der Waals surface area contributed by atoms with Crippen LogP contribution in [0.15, 0.2) is 30.7 Å². The molecule has 0 amide bonds. The predicted octanol–water partition coefficient (Wildman–Crippen LogP) is 0.719. The second-order valence-electron chi connectivity index (χ2n) is 5.27. The summed E-state index contributed by atoms with van der Waals surface area (Å²) >= 11 is 0. The van der Waals surface area contributed by atoms with Crippen LogP contribution in [0, 0.1) is 0 Å². The number of aliphatic hydroxyl groups is 1. The van der Waals surface area contributed by atoms with Crippen molar-refractivity contribution in [3.8, 4) is 5.88 Å². The number of rotatable bonds is 7. The minimum Gasteiger partial charge on any atom is -0.474 e. The van der Waals surface area contributed by atoms with Crippen molar-refractivity contribution in [2.45, 2.75) is 18.9 Å². The van der Waals surface area contributed by atoms with Gasteiger partial charge < -0.3 is 20.1 Å². The van der Waals surface area contributed by atoms with Gasteiger partial charge in [-0.1, -0.05) is 0 Å². The van der Waals surface area contributed by atoms with Gasteiger partial charge in [-0.05, 0) is 25.0 Å². The van der Waals surface area contributed by atoms with Crippen molar-refractivity contribution >= 4 is 11.6 Å². The van der Waals surface area contributed by atoms with Crippen molar-refractivity contribution < 1.29 is 9.84 Å². The molecule has 2 aromatic heterocycles. The molecule has 1 aliphatic rings. The largest absolute Gasteiger partial charge is 0.474 e. The second-order valence-corrected chi connectivity index (χ2v) is 5.27. The number of aliphatic hydroxyl groups excluding tert-OH is 1. The Hall–Kier alpha value is -2.48. The van der Waals surface area contributed by atoms with Gasteiger partial charge in [0, 0.05) is 25.3 Å². The lowest BCUT2D eigenvalue weighted by Crippen LogP contribution is -2.35. The Kier molecular flexibility index (Phi) is 5.15. The van der Waals surface area contributed by atoms with E-state index in [-0.39, 0.29) is 13.2 Å². The van der Waals surface area contributed by atoms with Crippen LogP contribution in [-0.4, -0.2) is 57.6 Å². The highest BCUT2D eigenvalue weighted by Crippen LogP contribution is 2.23. The molecule has 1 atom stereocenters. The Balaban J connectivity index is 1.59. The van der Waals surface area contributed by atoms with E-state index in [1.54, 1.807) is 12.4 Å². The Morgan fingerprint density at radius 3 is 3.17 bits per heavy atom. The Bertz CT molecular complexity index is 612. The molecule has 2 aromatic rings. The number of nitrogens with zero attached hydrogens (tertiary/aromatic N) is 5. The Morgan fingerprint density at radius 1 is 1.39 bits per heavy atom. The average Bonchev–Trinajstić information content (AvgIpc) is 3.08. The maximum absolute atomic E-state index is 8.78. The third-order valence-electron chi connectivity index (χ3n) is 3.70. The van der Waals surface area contributed by atoms with Crippen molar-refractivity contribution in [2.24, 2.45) is 0 Å². The van der Waals surface area contributed by atoms with Crippen LogP contribution < -0.4 is 15.0 Å². The standard InChI is InChI=1S/C15H20N6O2/c22-7-8-23-15-11-16-10-13(19-15)17-9-12-3-2-6-21(12)14-4-1-5-18-20-14/h1,4-5,10-12,22H,2-3,6-9H2,(H,17,19). The quantitative estimate of drug-likeness (QED) is 0.771. The number of ether oxygens (including phenoxy) is 1. The maximum Gasteiger partial charge on any atom is 0.234 e. The van der Waals surface area contributed by atoms with Crippen LogP contribution in [-0.2, 0) is 0 Å². The van der Waals surface area contributed by atoms with Gasteiger partial charge in [-0.25, -0.2) is 0 Å². The third kappa shape index (κ3) is 4.04. The zero-order valence-corrected chi connectivity index (χ0v) is 12.8. The Labute approximate surface area is 134 Å². The Morgan fingerprint density at radius 2 is 2.35 bits per heavy atom. The summed E-state index contributed by atoms with van der Waals surface area (Å²) in [7, 11) is 0. The van der Waals surface area contributed by atoms with Gasteiger partial charge in [-0.2, -0.15) is 10.1 Å². The normalized spacial score (nSPS) is 17.3. The van der Waals surface area contributed by atoms with Crippen molar-refractivity contribution in [2.75, 3.05) is 36.5 Å². The molecule has 23 heavy (non-hydrogen) atoms. The average molecular weight is 316 g/mol. The predicted molar refractivity (Wildman–Crippen MR) is 85.5 cm³/mol. The number of hydrogen-bond donors (Lipinski definition) is 2. The molecule has 1 aliphatic heterocycles. The molecule has 1 saturated heterocycles. The van der Waals surface area contributed by atoms with Crippen LogP contribution in [0.25, 0.3) is 0 Å². The number of aromatic nitrogens is 4. The lowest BCUT2D eigenvalue weighted by molar-refractivity contribution is 0.196. The molecule has 122 valence electrons. The summed E-state index contributed by atoms with van der Waals surface area (Å²) in [5.41, 5.74) is 0. The van der Waals surface area contributed by atoms with E-state index in [9.17, 15) is 0 Å². The lowest BCUT2D eigenvalue weighted by Gasteiger charge is -2.25. The molecule has 1 unspecified atom stereocenters. The number of hydrogen-bond acceptors (Lipinski definition) is 8. The van der Waals surface area contributed by atoms with Gasteiger partial charge in [-0.3, -0.25) is 4.98 Å². The van der Waals surface area contributed by atoms with Gasteiger partial charge in [0.1, 0.15) is 12.4 Å². The lowest BCUT2D eigenvalue weighted by atomic mass is 10.2. The fourth-order valence-electron chi connectivity index (χ4n) is 2.67. The number of anilines is 2. The summed E-state index contributed by atoms with van der Waals surface area (Å²) in [4.78, 5) is 10.7. The van der Waals surface area contributed by atoms with Crippen molar-refractivity contribution in [3.63, 3.8) is 0 Å². The first-order valence-electron chi connectivity index (χ1n) is 7.71. The van der Waals surface area contributed by atoms with E-state index in [0.29, 0.717) is 17.7 Å². The van der Waals surface area contributed by atoms with E-state index in [2.05, 4.69) is 30.4 Å². The van der Waals surface area contributed by atoms with E-state index < -0.39 is 0 Å². The molecule has 8 heteroatoms. The van der Waals surface area contributed by atoms with Gasteiger partial charge in [0.05, 0.1) is 19.0 Å².